The average molecular weight is 305 g/mol. The molecule has 22 heavy (non-hydrogen) atoms. The lowest BCUT2D eigenvalue weighted by Gasteiger charge is -2.23. The lowest BCUT2D eigenvalue weighted by molar-refractivity contribution is -0.132. The van der Waals surface area contributed by atoms with Crippen LogP contribution in [-0.4, -0.2) is 52.2 Å². The number of hydrogen-bond acceptors (Lipinski definition) is 5. The highest BCUT2D eigenvalue weighted by Gasteiger charge is 2.47. The number of aromatic nitrogens is 2. The Morgan fingerprint density at radius 2 is 2.27 bits per heavy atom. The molecular formula is C16H23N3O3. The quantitative estimate of drug-likeness (QED) is 0.846. The molecule has 0 aromatic carbocycles. The van der Waals surface area contributed by atoms with Crippen molar-refractivity contribution in [3.8, 4) is 6.01 Å². The first-order valence-corrected chi connectivity index (χ1v) is 7.92. The average Bonchev–Trinajstić information content (AvgIpc) is 3.07. The first kappa shape index (κ1) is 15.2. The minimum atomic E-state index is -0.244. The van der Waals surface area contributed by atoms with Crippen LogP contribution in [0.3, 0.4) is 0 Å². The second-order valence-electron chi connectivity index (χ2n) is 6.63. The molecule has 0 bridgehead atoms. The maximum Gasteiger partial charge on any atom is 0.316 e. The number of hydrogen-bond donors (Lipinski definition) is 0. The summed E-state index contributed by atoms with van der Waals surface area (Å²) >= 11 is 0. The van der Waals surface area contributed by atoms with Gasteiger partial charge in [-0.25, -0.2) is 9.97 Å². The Morgan fingerprint density at radius 1 is 1.50 bits per heavy atom. The molecule has 6 heteroatoms. The Bertz CT molecular complexity index is 523. The van der Waals surface area contributed by atoms with Crippen molar-refractivity contribution in [2.75, 3.05) is 19.7 Å². The Labute approximate surface area is 130 Å². The third kappa shape index (κ3) is 3.38. The van der Waals surface area contributed by atoms with E-state index in [0.717, 1.165) is 19.4 Å². The lowest BCUT2D eigenvalue weighted by Crippen LogP contribution is -2.36. The monoisotopic (exact) mass is 305 g/mol. The molecule has 0 aliphatic carbocycles. The molecule has 2 atom stereocenters. The second-order valence-corrected chi connectivity index (χ2v) is 6.63. The summed E-state index contributed by atoms with van der Waals surface area (Å²) in [6.07, 6.45) is 5.56. The van der Waals surface area contributed by atoms with Crippen molar-refractivity contribution in [2.24, 2.45) is 5.92 Å². The topological polar surface area (TPSA) is 64.6 Å². The molecule has 0 unspecified atom stereocenters. The van der Waals surface area contributed by atoms with E-state index in [2.05, 4.69) is 23.8 Å². The van der Waals surface area contributed by atoms with Crippen LogP contribution in [-0.2, 0) is 9.53 Å². The number of amides is 1. The van der Waals surface area contributed by atoms with Crippen LogP contribution in [0.15, 0.2) is 18.5 Å². The predicted octanol–water partition coefficient (Wildman–Crippen LogP) is 1.66. The third-order valence-electron chi connectivity index (χ3n) is 4.24. The first-order valence-electron chi connectivity index (χ1n) is 7.92. The van der Waals surface area contributed by atoms with Crippen LogP contribution >= 0.6 is 0 Å². The molecule has 2 fully saturated rings. The zero-order valence-electron chi connectivity index (χ0n) is 13.2. The normalized spacial score (nSPS) is 27.8. The number of carbonyl (C=O) groups excluding carboxylic acids is 1. The molecule has 1 spiro atoms. The molecule has 0 radical (unpaired) electrons. The van der Waals surface area contributed by atoms with E-state index in [1.54, 1.807) is 18.5 Å². The molecule has 2 aliphatic heterocycles. The fourth-order valence-electron chi connectivity index (χ4n) is 3.19. The van der Waals surface area contributed by atoms with E-state index in [1.165, 1.54) is 0 Å². The van der Waals surface area contributed by atoms with Gasteiger partial charge >= 0.3 is 6.01 Å². The maximum atomic E-state index is 12.2. The first-order chi connectivity index (χ1) is 10.6. The van der Waals surface area contributed by atoms with Crippen molar-refractivity contribution in [2.45, 2.75) is 44.8 Å². The summed E-state index contributed by atoms with van der Waals surface area (Å²) in [6.45, 7) is 6.12. The molecule has 0 N–H and O–H groups in total. The Kier molecular flexibility index (Phi) is 4.29. The summed E-state index contributed by atoms with van der Waals surface area (Å²) in [7, 11) is 0. The Balaban J connectivity index is 1.55. The van der Waals surface area contributed by atoms with Crippen molar-refractivity contribution in [1.82, 2.24) is 14.9 Å². The van der Waals surface area contributed by atoms with Gasteiger partial charge in [-0.1, -0.05) is 13.8 Å². The van der Waals surface area contributed by atoms with Crippen molar-refractivity contribution in [3.05, 3.63) is 18.5 Å². The van der Waals surface area contributed by atoms with E-state index in [1.807, 2.05) is 4.90 Å². The van der Waals surface area contributed by atoms with Crippen LogP contribution in [0.1, 0.15) is 33.1 Å². The number of rotatable bonds is 4. The van der Waals surface area contributed by atoms with Gasteiger partial charge in [0.05, 0.1) is 12.2 Å². The third-order valence-corrected chi connectivity index (χ3v) is 4.24. The predicted molar refractivity (Wildman–Crippen MR) is 80.4 cm³/mol. The van der Waals surface area contributed by atoms with E-state index in [0.29, 0.717) is 31.5 Å². The van der Waals surface area contributed by atoms with Gasteiger partial charge in [-0.3, -0.25) is 4.79 Å². The highest BCUT2D eigenvalue weighted by atomic mass is 16.6. The minimum Gasteiger partial charge on any atom is -0.458 e. The van der Waals surface area contributed by atoms with Gasteiger partial charge in [0.2, 0.25) is 5.91 Å². The van der Waals surface area contributed by atoms with Crippen LogP contribution in [0, 0.1) is 5.92 Å². The zero-order chi connectivity index (χ0) is 15.6. The molecule has 2 aliphatic rings. The van der Waals surface area contributed by atoms with E-state index in [4.69, 9.17) is 9.47 Å². The molecule has 2 saturated heterocycles. The molecule has 3 rings (SSSR count). The highest BCUT2D eigenvalue weighted by molar-refractivity contribution is 5.76. The van der Waals surface area contributed by atoms with Gasteiger partial charge < -0.3 is 14.4 Å². The number of likely N-dealkylation sites (tertiary alicyclic amines) is 1. The molecule has 3 heterocycles. The molecule has 1 aromatic heterocycles. The second kappa shape index (κ2) is 6.20. The van der Waals surface area contributed by atoms with Crippen LogP contribution in [0.5, 0.6) is 6.01 Å². The molecule has 0 saturated carbocycles. The largest absolute Gasteiger partial charge is 0.458 e. The van der Waals surface area contributed by atoms with Gasteiger partial charge in [0.1, 0.15) is 6.10 Å². The molecule has 1 aromatic rings. The van der Waals surface area contributed by atoms with Gasteiger partial charge in [-0.15, -0.1) is 0 Å². The summed E-state index contributed by atoms with van der Waals surface area (Å²) in [5.74, 6) is 0.617. The van der Waals surface area contributed by atoms with E-state index in [9.17, 15) is 4.79 Å². The number of ether oxygens (including phenoxy) is 2. The van der Waals surface area contributed by atoms with E-state index in [-0.39, 0.29) is 17.6 Å². The van der Waals surface area contributed by atoms with Crippen molar-refractivity contribution in [1.29, 1.82) is 0 Å². The standard InChI is InChI=1S/C16H23N3O3/c1-12(2)8-14(20)19-7-4-16(11-19)9-13(10-21-16)22-15-17-5-3-6-18-15/h3,5-6,12-13H,4,7-11H2,1-2H3/t13-,16-/m0/s1. The van der Waals surface area contributed by atoms with Gasteiger partial charge in [-0.05, 0) is 18.4 Å². The van der Waals surface area contributed by atoms with Gasteiger partial charge in [0, 0.05) is 38.3 Å². The smallest absolute Gasteiger partial charge is 0.316 e. The van der Waals surface area contributed by atoms with Crippen LogP contribution in [0.25, 0.3) is 0 Å². The number of carbonyl (C=O) groups is 1. The highest BCUT2D eigenvalue weighted by Crippen LogP contribution is 2.36. The van der Waals surface area contributed by atoms with Crippen LogP contribution in [0.2, 0.25) is 0 Å². The van der Waals surface area contributed by atoms with Crippen LogP contribution in [0.4, 0.5) is 0 Å². The SMILES string of the molecule is CC(C)CC(=O)N1CC[C@]2(C[C@H](Oc3ncccn3)CO2)C1. The van der Waals surface area contributed by atoms with E-state index >= 15 is 0 Å². The molecular weight excluding hydrogens is 282 g/mol. The summed E-state index contributed by atoms with van der Waals surface area (Å²) in [5, 5.41) is 0. The fraction of sp³-hybridized carbons (Fsp3) is 0.688. The van der Waals surface area contributed by atoms with Gasteiger partial charge in [0.15, 0.2) is 0 Å². The summed E-state index contributed by atoms with van der Waals surface area (Å²) < 4.78 is 11.8. The lowest BCUT2D eigenvalue weighted by atomic mass is 9.98. The molecule has 120 valence electrons. The van der Waals surface area contributed by atoms with Crippen molar-refractivity contribution in [3.63, 3.8) is 0 Å². The molecule has 1 amide bonds. The minimum absolute atomic E-state index is 0.0393. The van der Waals surface area contributed by atoms with E-state index < -0.39 is 0 Å². The fourth-order valence-corrected chi connectivity index (χ4v) is 3.19. The molecule has 6 nitrogen and oxygen atoms in total. The summed E-state index contributed by atoms with van der Waals surface area (Å²) in [4.78, 5) is 22.3. The van der Waals surface area contributed by atoms with Crippen molar-refractivity contribution >= 4 is 5.91 Å². The Hall–Kier alpha value is -1.69. The van der Waals surface area contributed by atoms with Gasteiger partial charge in [-0.2, -0.15) is 0 Å². The zero-order valence-corrected chi connectivity index (χ0v) is 13.2. The van der Waals surface area contributed by atoms with Crippen LogP contribution < -0.4 is 4.74 Å². The number of nitrogens with zero attached hydrogens (tertiary/aromatic N) is 3. The summed E-state index contributed by atoms with van der Waals surface area (Å²) in [6, 6.07) is 2.15. The van der Waals surface area contributed by atoms with Crippen molar-refractivity contribution < 1.29 is 14.3 Å². The Morgan fingerprint density at radius 3 is 3.00 bits per heavy atom. The summed E-state index contributed by atoms with van der Waals surface area (Å²) in [5.41, 5.74) is -0.244. The maximum absolute atomic E-state index is 12.2. The van der Waals surface area contributed by atoms with Gasteiger partial charge in [0.25, 0.3) is 0 Å².